The molecule has 1 aromatic heterocycles. The van der Waals surface area contributed by atoms with Crippen molar-refractivity contribution < 1.29 is 4.79 Å². The number of nitrogens with one attached hydrogen (secondary N) is 2. The van der Waals surface area contributed by atoms with Crippen LogP contribution in [-0.2, 0) is 0 Å². The number of anilines is 1. The fourth-order valence-electron chi connectivity index (χ4n) is 1.32. The first kappa shape index (κ1) is 12.9. The van der Waals surface area contributed by atoms with Crippen molar-refractivity contribution in [1.82, 2.24) is 15.2 Å². The lowest BCUT2D eigenvalue weighted by Gasteiger charge is -2.02. The smallest absolute Gasteiger partial charge is 0.219 e. The molecule has 0 amide bonds. The molecule has 0 atom stereocenters. The summed E-state index contributed by atoms with van der Waals surface area (Å²) in [7, 11) is 0. The Morgan fingerprint density at radius 1 is 1.44 bits per heavy atom. The van der Waals surface area contributed by atoms with Gasteiger partial charge in [-0.15, -0.1) is 5.10 Å². The number of rotatable bonds is 5. The first-order valence-corrected chi connectivity index (χ1v) is 6.78. The van der Waals surface area contributed by atoms with Crippen LogP contribution in [0.1, 0.15) is 10.4 Å². The Morgan fingerprint density at radius 3 is 2.78 bits per heavy atom. The molecule has 18 heavy (non-hydrogen) atoms. The fourth-order valence-corrected chi connectivity index (χ4v) is 1.76. The maximum atomic E-state index is 11.8. The van der Waals surface area contributed by atoms with Crippen LogP contribution in [0.25, 0.3) is 0 Å². The van der Waals surface area contributed by atoms with E-state index < -0.39 is 0 Å². The molecule has 2 aromatic rings. The van der Waals surface area contributed by atoms with Crippen LogP contribution in [0, 0.1) is 0 Å². The molecule has 0 aliphatic rings. The van der Waals surface area contributed by atoms with Gasteiger partial charge in [-0.3, -0.25) is 4.79 Å². The number of nitrogens with zero attached hydrogens (tertiary/aromatic N) is 2. The maximum Gasteiger partial charge on any atom is 0.219 e. The van der Waals surface area contributed by atoms with Crippen LogP contribution in [0.2, 0.25) is 5.02 Å². The molecule has 0 aliphatic carbocycles. The van der Waals surface area contributed by atoms with E-state index in [4.69, 9.17) is 11.6 Å². The lowest BCUT2D eigenvalue weighted by atomic mass is 10.1. The zero-order valence-electron chi connectivity index (χ0n) is 9.61. The second kappa shape index (κ2) is 5.88. The van der Waals surface area contributed by atoms with Gasteiger partial charge >= 0.3 is 0 Å². The van der Waals surface area contributed by atoms with Crippen molar-refractivity contribution in [2.75, 3.05) is 18.1 Å². The Bertz CT molecular complexity index is 540. The van der Waals surface area contributed by atoms with Gasteiger partial charge in [-0.05, 0) is 30.5 Å². The second-order valence-electron chi connectivity index (χ2n) is 3.45. The minimum absolute atomic E-state index is 0.0335. The first-order valence-electron chi connectivity index (χ1n) is 5.18. The van der Waals surface area contributed by atoms with E-state index in [1.165, 1.54) is 11.8 Å². The number of thioether (sulfide) groups is 1. The largest absolute Gasteiger partial charge is 0.347 e. The quantitative estimate of drug-likeness (QED) is 0.651. The van der Waals surface area contributed by atoms with Gasteiger partial charge < -0.3 is 5.32 Å². The molecule has 1 heterocycles. The van der Waals surface area contributed by atoms with Crippen molar-refractivity contribution in [3.05, 3.63) is 34.9 Å². The molecular weight excluding hydrogens is 272 g/mol. The lowest BCUT2D eigenvalue weighted by molar-refractivity contribution is 0.101. The van der Waals surface area contributed by atoms with Gasteiger partial charge in [0.25, 0.3) is 0 Å². The zero-order chi connectivity index (χ0) is 13.0. The molecule has 0 saturated heterocycles. The molecule has 7 heteroatoms. The van der Waals surface area contributed by atoms with Crippen molar-refractivity contribution in [2.45, 2.75) is 5.16 Å². The van der Waals surface area contributed by atoms with E-state index in [2.05, 4.69) is 20.5 Å². The Morgan fingerprint density at radius 2 is 2.17 bits per heavy atom. The van der Waals surface area contributed by atoms with Crippen LogP contribution in [0.3, 0.4) is 0 Å². The highest BCUT2D eigenvalue weighted by atomic mass is 35.5. The highest BCUT2D eigenvalue weighted by molar-refractivity contribution is 7.98. The third kappa shape index (κ3) is 3.24. The van der Waals surface area contributed by atoms with Gasteiger partial charge in [-0.2, -0.15) is 4.98 Å². The average molecular weight is 283 g/mol. The van der Waals surface area contributed by atoms with E-state index in [9.17, 15) is 4.79 Å². The summed E-state index contributed by atoms with van der Waals surface area (Å²) in [6, 6.07) is 6.77. The highest BCUT2D eigenvalue weighted by Crippen LogP contribution is 2.11. The van der Waals surface area contributed by atoms with E-state index in [0.717, 1.165) is 0 Å². The summed E-state index contributed by atoms with van der Waals surface area (Å²) in [5.74, 6) is 0.454. The molecule has 94 valence electrons. The molecule has 1 aromatic carbocycles. The van der Waals surface area contributed by atoms with Crippen molar-refractivity contribution in [2.24, 2.45) is 0 Å². The number of carbonyl (C=O) groups excluding carboxylic acids is 1. The summed E-state index contributed by atoms with van der Waals surface area (Å²) >= 11 is 7.18. The molecule has 0 radical (unpaired) electrons. The maximum absolute atomic E-state index is 11.8. The molecule has 0 saturated carbocycles. The standard InChI is InChI=1S/C11H11ClN4OS/c1-18-11-14-10(15-16-11)13-6-9(17)7-2-4-8(12)5-3-7/h2-5H,6H2,1H3,(H2,13,14,15,16). The summed E-state index contributed by atoms with van der Waals surface area (Å²) in [6.07, 6.45) is 1.88. The van der Waals surface area contributed by atoms with Crippen molar-refractivity contribution in [3.8, 4) is 0 Å². The van der Waals surface area contributed by atoms with Gasteiger partial charge in [0.05, 0.1) is 6.54 Å². The number of hydrogen-bond acceptors (Lipinski definition) is 5. The van der Waals surface area contributed by atoms with Gasteiger partial charge in [0.2, 0.25) is 11.1 Å². The van der Waals surface area contributed by atoms with E-state index >= 15 is 0 Å². The second-order valence-corrected chi connectivity index (χ2v) is 4.66. The molecule has 0 aliphatic heterocycles. The number of H-pyrrole nitrogens is 1. The van der Waals surface area contributed by atoms with Gasteiger partial charge in [-0.1, -0.05) is 23.4 Å². The van der Waals surface area contributed by atoms with Gasteiger partial charge in [-0.25, -0.2) is 5.10 Å². The summed E-state index contributed by atoms with van der Waals surface area (Å²) in [4.78, 5) is 16.0. The number of benzene rings is 1. The van der Waals surface area contributed by atoms with Gasteiger partial charge in [0.15, 0.2) is 5.78 Å². The van der Waals surface area contributed by atoms with Crippen molar-refractivity contribution in [1.29, 1.82) is 0 Å². The van der Waals surface area contributed by atoms with Crippen LogP contribution in [0.15, 0.2) is 29.4 Å². The predicted molar refractivity (Wildman–Crippen MR) is 72.4 cm³/mol. The van der Waals surface area contributed by atoms with Crippen molar-refractivity contribution in [3.63, 3.8) is 0 Å². The summed E-state index contributed by atoms with van der Waals surface area (Å²) < 4.78 is 0. The third-order valence-electron chi connectivity index (χ3n) is 2.23. The summed E-state index contributed by atoms with van der Waals surface area (Å²) in [6.45, 7) is 0.157. The third-order valence-corrected chi connectivity index (χ3v) is 3.03. The van der Waals surface area contributed by atoms with Crippen molar-refractivity contribution >= 4 is 35.1 Å². The molecule has 0 unspecified atom stereocenters. The predicted octanol–water partition coefficient (Wildman–Crippen LogP) is 2.47. The molecule has 0 fully saturated rings. The van der Waals surface area contributed by atoms with Crippen LogP contribution >= 0.6 is 23.4 Å². The molecule has 2 N–H and O–H groups in total. The number of aromatic amines is 1. The number of hydrogen-bond donors (Lipinski definition) is 2. The number of carbonyl (C=O) groups is 1. The van der Waals surface area contributed by atoms with Crippen LogP contribution in [-0.4, -0.2) is 33.8 Å². The Labute approximate surface area is 113 Å². The topological polar surface area (TPSA) is 70.7 Å². The number of halogens is 1. The van der Waals surface area contributed by atoms with E-state index in [0.29, 0.717) is 21.7 Å². The first-order chi connectivity index (χ1) is 8.69. The highest BCUT2D eigenvalue weighted by Gasteiger charge is 2.07. The fraction of sp³-hybridized carbons (Fsp3) is 0.182. The molecule has 5 nitrogen and oxygen atoms in total. The molecule has 0 bridgehead atoms. The molecule has 2 rings (SSSR count). The number of ketones is 1. The van der Waals surface area contributed by atoms with E-state index in [-0.39, 0.29) is 12.3 Å². The molecular formula is C11H11ClN4OS. The Hall–Kier alpha value is -1.53. The van der Waals surface area contributed by atoms with Crippen LogP contribution in [0.5, 0.6) is 0 Å². The monoisotopic (exact) mass is 282 g/mol. The average Bonchev–Trinajstić information content (AvgIpc) is 2.85. The zero-order valence-corrected chi connectivity index (χ0v) is 11.2. The number of Topliss-reactive ketones (excluding diaryl/α,β-unsaturated/α-hetero) is 1. The van der Waals surface area contributed by atoms with Gasteiger partial charge in [0.1, 0.15) is 0 Å². The normalized spacial score (nSPS) is 10.3. The summed E-state index contributed by atoms with van der Waals surface area (Å²) in [5.41, 5.74) is 0.608. The van der Waals surface area contributed by atoms with E-state index in [1.807, 2.05) is 6.26 Å². The molecule has 0 spiro atoms. The minimum Gasteiger partial charge on any atom is -0.347 e. The number of aromatic nitrogens is 3. The minimum atomic E-state index is -0.0335. The van der Waals surface area contributed by atoms with Gasteiger partial charge in [0, 0.05) is 10.6 Å². The Kier molecular flexibility index (Phi) is 4.22. The Balaban J connectivity index is 1.93. The lowest BCUT2D eigenvalue weighted by Crippen LogP contribution is -2.14. The van der Waals surface area contributed by atoms with Crippen LogP contribution in [0.4, 0.5) is 5.95 Å². The SMILES string of the molecule is CSc1n[nH]c(NCC(=O)c2ccc(Cl)cc2)n1. The summed E-state index contributed by atoms with van der Waals surface area (Å²) in [5, 5.41) is 10.8. The van der Waals surface area contributed by atoms with E-state index in [1.54, 1.807) is 24.3 Å². The van der Waals surface area contributed by atoms with Crippen LogP contribution < -0.4 is 5.32 Å².